The van der Waals surface area contributed by atoms with Crippen LogP contribution in [0.3, 0.4) is 0 Å². The predicted octanol–water partition coefficient (Wildman–Crippen LogP) is 2.31. The van der Waals surface area contributed by atoms with E-state index in [9.17, 15) is 4.79 Å². The Labute approximate surface area is 133 Å². The standard InChI is InChI=1S/C19H27NO2/c1-14-8-9-17(15(2)12-14)19(21)22-13-16-6-5-11-20-10-4-3-7-18(16)20/h8-9,12,16,18H,3-7,10-11,13H2,1-2H3/p+1/t16-,18+/m0/s1. The quantitative estimate of drug-likeness (QED) is 0.869. The summed E-state index contributed by atoms with van der Waals surface area (Å²) in [7, 11) is 0. The predicted molar refractivity (Wildman–Crippen MR) is 87.3 cm³/mol. The molecule has 2 saturated heterocycles. The number of hydrogen-bond donors (Lipinski definition) is 1. The third kappa shape index (κ3) is 3.35. The van der Waals surface area contributed by atoms with Crippen molar-refractivity contribution < 1.29 is 14.4 Å². The third-order valence-electron chi connectivity index (χ3n) is 5.46. The Morgan fingerprint density at radius 3 is 2.82 bits per heavy atom. The first kappa shape index (κ1) is 15.5. The molecule has 0 radical (unpaired) electrons. The van der Waals surface area contributed by atoms with Crippen LogP contribution in [0.2, 0.25) is 0 Å². The summed E-state index contributed by atoms with van der Waals surface area (Å²) in [5.74, 6) is 0.402. The highest BCUT2D eigenvalue weighted by Gasteiger charge is 2.37. The van der Waals surface area contributed by atoms with E-state index in [0.717, 1.165) is 11.6 Å². The summed E-state index contributed by atoms with van der Waals surface area (Å²) in [4.78, 5) is 14.1. The van der Waals surface area contributed by atoms with Crippen LogP contribution in [-0.4, -0.2) is 31.7 Å². The van der Waals surface area contributed by atoms with Crippen molar-refractivity contribution in [2.24, 2.45) is 5.92 Å². The van der Waals surface area contributed by atoms with Gasteiger partial charge in [0.25, 0.3) is 0 Å². The Balaban J connectivity index is 1.60. The number of piperidine rings is 2. The van der Waals surface area contributed by atoms with E-state index in [-0.39, 0.29) is 5.97 Å². The fraction of sp³-hybridized carbons (Fsp3) is 0.632. The number of carbonyl (C=O) groups is 1. The van der Waals surface area contributed by atoms with Crippen molar-refractivity contribution >= 4 is 5.97 Å². The van der Waals surface area contributed by atoms with Crippen molar-refractivity contribution in [3.63, 3.8) is 0 Å². The van der Waals surface area contributed by atoms with Crippen LogP contribution in [0, 0.1) is 19.8 Å². The van der Waals surface area contributed by atoms with Gasteiger partial charge in [-0.05, 0) is 57.6 Å². The van der Waals surface area contributed by atoms with Crippen LogP contribution in [0.15, 0.2) is 18.2 Å². The van der Waals surface area contributed by atoms with Crippen molar-refractivity contribution in [1.29, 1.82) is 0 Å². The zero-order chi connectivity index (χ0) is 15.5. The summed E-state index contributed by atoms with van der Waals surface area (Å²) in [6.45, 7) is 7.25. The van der Waals surface area contributed by atoms with Crippen LogP contribution in [0.25, 0.3) is 0 Å². The lowest BCUT2D eigenvalue weighted by Crippen LogP contribution is -3.18. The number of fused-ring (bicyclic) bond motifs is 1. The third-order valence-corrected chi connectivity index (χ3v) is 5.46. The molecule has 2 heterocycles. The highest BCUT2D eigenvalue weighted by molar-refractivity contribution is 5.91. The Kier molecular flexibility index (Phi) is 4.82. The molecule has 0 spiro atoms. The average Bonchev–Trinajstić information content (AvgIpc) is 2.52. The fourth-order valence-corrected chi connectivity index (χ4v) is 4.28. The highest BCUT2D eigenvalue weighted by Crippen LogP contribution is 2.21. The van der Waals surface area contributed by atoms with Gasteiger partial charge in [-0.25, -0.2) is 4.79 Å². The number of nitrogens with one attached hydrogen (secondary N) is 1. The number of benzene rings is 1. The van der Waals surface area contributed by atoms with Crippen LogP contribution < -0.4 is 4.90 Å². The number of aryl methyl sites for hydroxylation is 2. The molecule has 0 aromatic heterocycles. The van der Waals surface area contributed by atoms with Crippen molar-refractivity contribution in [3.05, 3.63) is 34.9 Å². The second kappa shape index (κ2) is 6.82. The summed E-state index contributed by atoms with van der Waals surface area (Å²) in [5, 5.41) is 0. The van der Waals surface area contributed by atoms with E-state index in [4.69, 9.17) is 4.74 Å². The molecule has 22 heavy (non-hydrogen) atoms. The lowest BCUT2D eigenvalue weighted by molar-refractivity contribution is -0.940. The van der Waals surface area contributed by atoms with Crippen LogP contribution in [0.4, 0.5) is 0 Å². The molecule has 2 aliphatic heterocycles. The lowest BCUT2D eigenvalue weighted by Gasteiger charge is -2.41. The number of hydrogen-bond acceptors (Lipinski definition) is 2. The van der Waals surface area contributed by atoms with Crippen molar-refractivity contribution in [2.45, 2.75) is 52.0 Å². The summed E-state index contributed by atoms with van der Waals surface area (Å²) >= 11 is 0. The molecule has 1 unspecified atom stereocenters. The minimum Gasteiger partial charge on any atom is -0.462 e. The lowest BCUT2D eigenvalue weighted by atomic mass is 9.84. The van der Waals surface area contributed by atoms with Gasteiger partial charge in [0.15, 0.2) is 0 Å². The largest absolute Gasteiger partial charge is 0.462 e. The zero-order valence-corrected chi connectivity index (χ0v) is 13.9. The molecule has 0 amide bonds. The molecule has 1 aromatic carbocycles. The molecule has 0 saturated carbocycles. The maximum atomic E-state index is 12.4. The maximum absolute atomic E-state index is 12.4. The van der Waals surface area contributed by atoms with Crippen LogP contribution in [-0.2, 0) is 4.74 Å². The van der Waals surface area contributed by atoms with Gasteiger partial charge in [0.05, 0.1) is 24.7 Å². The van der Waals surface area contributed by atoms with Crippen LogP contribution in [0.5, 0.6) is 0 Å². The van der Waals surface area contributed by atoms with Gasteiger partial charge in [0.1, 0.15) is 6.61 Å². The molecular formula is C19H28NO2+. The molecule has 3 atom stereocenters. The van der Waals surface area contributed by atoms with Gasteiger partial charge in [-0.1, -0.05) is 17.7 Å². The van der Waals surface area contributed by atoms with Gasteiger partial charge < -0.3 is 9.64 Å². The molecule has 2 aliphatic rings. The fourth-order valence-electron chi connectivity index (χ4n) is 4.28. The molecule has 120 valence electrons. The molecule has 3 nitrogen and oxygen atoms in total. The van der Waals surface area contributed by atoms with E-state index >= 15 is 0 Å². The van der Waals surface area contributed by atoms with Gasteiger partial charge in [-0.15, -0.1) is 0 Å². The minimum absolute atomic E-state index is 0.152. The first-order valence-electron chi connectivity index (χ1n) is 8.74. The molecule has 1 N–H and O–H groups in total. The van der Waals surface area contributed by atoms with E-state index in [0.29, 0.717) is 18.1 Å². The molecule has 0 aliphatic carbocycles. The maximum Gasteiger partial charge on any atom is 0.338 e. The normalized spacial score (nSPS) is 28.0. The average molecular weight is 302 g/mol. The number of quaternary nitrogens is 1. The van der Waals surface area contributed by atoms with Gasteiger partial charge in [-0.2, -0.15) is 0 Å². The monoisotopic (exact) mass is 302 g/mol. The smallest absolute Gasteiger partial charge is 0.338 e. The topological polar surface area (TPSA) is 30.7 Å². The first-order valence-corrected chi connectivity index (χ1v) is 8.74. The molecule has 2 fully saturated rings. The molecule has 0 bridgehead atoms. The second-order valence-electron chi connectivity index (χ2n) is 7.08. The number of carbonyl (C=O) groups excluding carboxylic acids is 1. The molecular weight excluding hydrogens is 274 g/mol. The van der Waals surface area contributed by atoms with Crippen LogP contribution in [0.1, 0.15) is 53.6 Å². The van der Waals surface area contributed by atoms with Crippen molar-refractivity contribution in [3.8, 4) is 0 Å². The summed E-state index contributed by atoms with van der Waals surface area (Å²) in [6.07, 6.45) is 6.50. The van der Waals surface area contributed by atoms with E-state index in [1.807, 2.05) is 32.0 Å². The SMILES string of the molecule is Cc1ccc(C(=O)OC[C@@H]2CCC[NH+]3CCCC[C@H]23)c(C)c1. The Morgan fingerprint density at radius 2 is 2.00 bits per heavy atom. The number of esters is 1. The highest BCUT2D eigenvalue weighted by atomic mass is 16.5. The van der Waals surface area contributed by atoms with Gasteiger partial charge in [-0.3, -0.25) is 0 Å². The first-order chi connectivity index (χ1) is 10.6. The van der Waals surface area contributed by atoms with E-state index in [2.05, 4.69) is 0 Å². The van der Waals surface area contributed by atoms with E-state index < -0.39 is 0 Å². The Hall–Kier alpha value is -1.35. The zero-order valence-electron chi connectivity index (χ0n) is 13.9. The molecule has 3 heteroatoms. The van der Waals surface area contributed by atoms with E-state index in [1.54, 1.807) is 4.90 Å². The number of ether oxygens (including phenoxy) is 1. The number of rotatable bonds is 3. The molecule has 1 aromatic rings. The van der Waals surface area contributed by atoms with Gasteiger partial charge in [0, 0.05) is 5.92 Å². The summed E-state index contributed by atoms with van der Waals surface area (Å²) in [5.41, 5.74) is 2.91. The minimum atomic E-state index is -0.152. The summed E-state index contributed by atoms with van der Waals surface area (Å²) in [6, 6.07) is 6.64. The van der Waals surface area contributed by atoms with Crippen LogP contribution >= 0.6 is 0 Å². The van der Waals surface area contributed by atoms with Crippen molar-refractivity contribution in [2.75, 3.05) is 19.7 Å². The van der Waals surface area contributed by atoms with Crippen molar-refractivity contribution in [1.82, 2.24) is 0 Å². The van der Waals surface area contributed by atoms with Gasteiger partial charge >= 0.3 is 5.97 Å². The van der Waals surface area contributed by atoms with Gasteiger partial charge in [0.2, 0.25) is 0 Å². The Morgan fingerprint density at radius 1 is 1.18 bits per heavy atom. The molecule has 3 rings (SSSR count). The Bertz CT molecular complexity index is 538. The van der Waals surface area contributed by atoms with E-state index in [1.165, 1.54) is 50.8 Å². The summed E-state index contributed by atoms with van der Waals surface area (Å²) < 4.78 is 5.68. The second-order valence-corrected chi connectivity index (χ2v) is 7.08.